The Kier molecular flexibility index (Phi) is 7.32. The lowest BCUT2D eigenvalue weighted by molar-refractivity contribution is -0.127. The first-order valence-corrected chi connectivity index (χ1v) is 10.8. The van der Waals surface area contributed by atoms with E-state index < -0.39 is 6.10 Å². The Bertz CT molecular complexity index is 825. The molecule has 2 aromatic carbocycles. The van der Waals surface area contributed by atoms with E-state index in [1.807, 2.05) is 19.9 Å². The summed E-state index contributed by atoms with van der Waals surface area (Å²) >= 11 is 0. The minimum atomic E-state index is -0.540. The average molecular weight is 395 g/mol. The lowest BCUT2D eigenvalue weighted by Gasteiger charge is -2.19. The van der Waals surface area contributed by atoms with Gasteiger partial charge in [-0.15, -0.1) is 0 Å². The van der Waals surface area contributed by atoms with Crippen molar-refractivity contribution in [3.05, 3.63) is 64.7 Å². The van der Waals surface area contributed by atoms with Crippen LogP contribution in [0.15, 0.2) is 42.5 Å². The third kappa shape index (κ3) is 6.07. The fraction of sp³-hybridized carbons (Fsp3) is 0.480. The van der Waals surface area contributed by atoms with Crippen LogP contribution in [0.2, 0.25) is 0 Å². The number of carbonyl (C=O) groups is 1. The van der Waals surface area contributed by atoms with Crippen molar-refractivity contribution < 1.29 is 9.53 Å². The first-order valence-electron chi connectivity index (χ1n) is 10.8. The average Bonchev–Trinajstić information content (AvgIpc) is 3.19. The van der Waals surface area contributed by atoms with Crippen LogP contribution in [-0.2, 0) is 17.9 Å². The summed E-state index contributed by atoms with van der Waals surface area (Å²) in [5.41, 5.74) is 4.70. The summed E-state index contributed by atoms with van der Waals surface area (Å²) in [6, 6.07) is 14.7. The van der Waals surface area contributed by atoms with E-state index in [2.05, 4.69) is 60.5 Å². The van der Waals surface area contributed by atoms with Crippen molar-refractivity contribution in [2.75, 3.05) is 13.1 Å². The Hall–Kier alpha value is -2.33. The normalized spacial score (nSPS) is 15.5. The zero-order valence-corrected chi connectivity index (χ0v) is 18.2. The standard InChI is InChI=1S/C25H34N2O2/c1-18(2)23-11-10-19(3)14-24(23)29-20(4)25(28)26-16-21-8-7-9-22(15-21)17-27-12-5-6-13-27/h7-11,14-15,18,20H,5-6,12-13,16-17H2,1-4H3,(H,26,28)/t20-/m0/s1. The van der Waals surface area contributed by atoms with Crippen LogP contribution in [0.1, 0.15) is 61.8 Å². The molecule has 4 nitrogen and oxygen atoms in total. The Balaban J connectivity index is 1.56. The van der Waals surface area contributed by atoms with Gasteiger partial charge in [0.25, 0.3) is 5.91 Å². The van der Waals surface area contributed by atoms with Gasteiger partial charge in [0.1, 0.15) is 5.75 Å². The first-order chi connectivity index (χ1) is 13.9. The molecule has 0 saturated carbocycles. The molecule has 2 aromatic rings. The second-order valence-corrected chi connectivity index (χ2v) is 8.48. The molecule has 0 spiro atoms. The summed E-state index contributed by atoms with van der Waals surface area (Å²) in [4.78, 5) is 15.1. The van der Waals surface area contributed by atoms with Gasteiger partial charge in [0.15, 0.2) is 6.10 Å². The molecule has 0 aliphatic carbocycles. The van der Waals surface area contributed by atoms with Gasteiger partial charge in [-0.05, 0) is 74.0 Å². The maximum absolute atomic E-state index is 12.6. The Morgan fingerprint density at radius 2 is 1.79 bits per heavy atom. The van der Waals surface area contributed by atoms with Crippen molar-refractivity contribution in [1.29, 1.82) is 0 Å². The molecule has 1 atom stereocenters. The van der Waals surface area contributed by atoms with E-state index >= 15 is 0 Å². The topological polar surface area (TPSA) is 41.6 Å². The SMILES string of the molecule is Cc1ccc(C(C)C)c(O[C@@H](C)C(=O)NCc2cccc(CN3CCCC3)c2)c1. The highest BCUT2D eigenvalue weighted by Crippen LogP contribution is 2.28. The van der Waals surface area contributed by atoms with E-state index in [-0.39, 0.29) is 5.91 Å². The molecule has 1 saturated heterocycles. The highest BCUT2D eigenvalue weighted by Gasteiger charge is 2.18. The Labute approximate surface area is 175 Å². The van der Waals surface area contributed by atoms with Gasteiger partial charge >= 0.3 is 0 Å². The lowest BCUT2D eigenvalue weighted by atomic mass is 10.0. The number of nitrogens with zero attached hydrogens (tertiary/aromatic N) is 1. The lowest BCUT2D eigenvalue weighted by Crippen LogP contribution is -2.36. The van der Waals surface area contributed by atoms with Crippen molar-refractivity contribution in [2.45, 2.75) is 65.6 Å². The predicted octanol–water partition coefficient (Wildman–Crippen LogP) is 4.80. The van der Waals surface area contributed by atoms with E-state index in [1.54, 1.807) is 0 Å². The summed E-state index contributed by atoms with van der Waals surface area (Å²) in [5, 5.41) is 3.03. The molecular weight excluding hydrogens is 360 g/mol. The Morgan fingerprint density at radius 3 is 2.52 bits per heavy atom. The van der Waals surface area contributed by atoms with Crippen molar-refractivity contribution in [3.8, 4) is 5.75 Å². The molecule has 4 heteroatoms. The van der Waals surface area contributed by atoms with E-state index in [9.17, 15) is 4.79 Å². The quantitative estimate of drug-likeness (QED) is 0.699. The number of aryl methyl sites for hydroxylation is 1. The second kappa shape index (κ2) is 9.93. The van der Waals surface area contributed by atoms with Crippen LogP contribution in [0, 0.1) is 6.92 Å². The third-order valence-corrected chi connectivity index (χ3v) is 5.53. The molecule has 1 aliphatic heterocycles. The van der Waals surface area contributed by atoms with Gasteiger partial charge in [-0.25, -0.2) is 0 Å². The van der Waals surface area contributed by atoms with E-state index in [0.717, 1.165) is 29.0 Å². The number of nitrogens with one attached hydrogen (secondary N) is 1. The molecule has 29 heavy (non-hydrogen) atoms. The van der Waals surface area contributed by atoms with Gasteiger partial charge in [-0.2, -0.15) is 0 Å². The molecule has 0 unspecified atom stereocenters. The number of hydrogen-bond donors (Lipinski definition) is 1. The molecule has 156 valence electrons. The summed E-state index contributed by atoms with van der Waals surface area (Å²) in [6.07, 6.45) is 2.06. The van der Waals surface area contributed by atoms with Crippen molar-refractivity contribution in [3.63, 3.8) is 0 Å². The Morgan fingerprint density at radius 1 is 1.07 bits per heavy atom. The summed E-state index contributed by atoms with van der Waals surface area (Å²) in [7, 11) is 0. The van der Waals surface area contributed by atoms with Crippen LogP contribution in [0.25, 0.3) is 0 Å². The third-order valence-electron chi connectivity index (χ3n) is 5.53. The number of likely N-dealkylation sites (tertiary alicyclic amines) is 1. The van der Waals surface area contributed by atoms with Gasteiger partial charge in [-0.3, -0.25) is 9.69 Å². The monoisotopic (exact) mass is 394 g/mol. The van der Waals surface area contributed by atoms with Gasteiger partial charge in [0, 0.05) is 13.1 Å². The number of benzene rings is 2. The molecular formula is C25H34N2O2. The van der Waals surface area contributed by atoms with Crippen molar-refractivity contribution in [1.82, 2.24) is 10.2 Å². The van der Waals surface area contributed by atoms with E-state index in [0.29, 0.717) is 12.5 Å². The number of amides is 1. The largest absolute Gasteiger partial charge is 0.481 e. The molecule has 1 fully saturated rings. The molecule has 0 radical (unpaired) electrons. The number of rotatable bonds is 8. The molecule has 0 bridgehead atoms. The smallest absolute Gasteiger partial charge is 0.261 e. The summed E-state index contributed by atoms with van der Waals surface area (Å²) in [6.45, 7) is 12.0. The number of ether oxygens (including phenoxy) is 1. The van der Waals surface area contributed by atoms with Crippen LogP contribution < -0.4 is 10.1 Å². The molecule has 1 aliphatic rings. The highest BCUT2D eigenvalue weighted by atomic mass is 16.5. The zero-order chi connectivity index (χ0) is 20.8. The maximum atomic E-state index is 12.6. The maximum Gasteiger partial charge on any atom is 0.261 e. The highest BCUT2D eigenvalue weighted by molar-refractivity contribution is 5.80. The molecule has 1 amide bonds. The number of hydrogen-bond acceptors (Lipinski definition) is 3. The van der Waals surface area contributed by atoms with E-state index in [1.165, 1.54) is 31.5 Å². The van der Waals surface area contributed by atoms with Crippen LogP contribution in [0.4, 0.5) is 0 Å². The van der Waals surface area contributed by atoms with Crippen LogP contribution >= 0.6 is 0 Å². The van der Waals surface area contributed by atoms with Crippen molar-refractivity contribution in [2.24, 2.45) is 0 Å². The molecule has 0 aromatic heterocycles. The van der Waals surface area contributed by atoms with Gasteiger partial charge < -0.3 is 10.1 Å². The number of carbonyl (C=O) groups excluding carboxylic acids is 1. The van der Waals surface area contributed by atoms with Gasteiger partial charge in [-0.1, -0.05) is 50.2 Å². The summed E-state index contributed by atoms with van der Waals surface area (Å²) < 4.78 is 6.03. The second-order valence-electron chi connectivity index (χ2n) is 8.48. The molecule has 3 rings (SSSR count). The van der Waals surface area contributed by atoms with Gasteiger partial charge in [0.2, 0.25) is 0 Å². The minimum Gasteiger partial charge on any atom is -0.481 e. The van der Waals surface area contributed by atoms with Crippen LogP contribution in [0.3, 0.4) is 0 Å². The molecule has 1 heterocycles. The predicted molar refractivity (Wildman–Crippen MR) is 118 cm³/mol. The van der Waals surface area contributed by atoms with Crippen LogP contribution in [0.5, 0.6) is 5.75 Å². The van der Waals surface area contributed by atoms with Crippen LogP contribution in [-0.4, -0.2) is 30.0 Å². The molecule has 1 N–H and O–H groups in total. The first kappa shape index (κ1) is 21.4. The fourth-order valence-electron chi connectivity index (χ4n) is 3.83. The summed E-state index contributed by atoms with van der Waals surface area (Å²) in [5.74, 6) is 1.06. The fourth-order valence-corrected chi connectivity index (χ4v) is 3.83. The zero-order valence-electron chi connectivity index (χ0n) is 18.2. The minimum absolute atomic E-state index is 0.0915. The van der Waals surface area contributed by atoms with Crippen molar-refractivity contribution >= 4 is 5.91 Å². The van der Waals surface area contributed by atoms with Gasteiger partial charge in [0.05, 0.1) is 0 Å². The van der Waals surface area contributed by atoms with E-state index in [4.69, 9.17) is 4.74 Å².